The number of carbonyl (C=O) groups excluding carboxylic acids is 1. The van der Waals surface area contributed by atoms with Gasteiger partial charge in [-0.15, -0.1) is 0 Å². The van der Waals surface area contributed by atoms with E-state index in [1.807, 2.05) is 24.3 Å². The molecule has 0 radical (unpaired) electrons. The molecule has 7 nitrogen and oxygen atoms in total. The second-order valence-electron chi connectivity index (χ2n) is 7.23. The maximum absolute atomic E-state index is 13.3. The lowest BCUT2D eigenvalue weighted by atomic mass is 9.78. The van der Waals surface area contributed by atoms with Crippen LogP contribution in [-0.4, -0.2) is 21.2 Å². The highest BCUT2D eigenvalue weighted by molar-refractivity contribution is 6.30. The third-order valence-electron chi connectivity index (χ3n) is 5.40. The fraction of sp³-hybridized carbons (Fsp3) is 0.190. The smallest absolute Gasteiger partial charge is 0.219 e. The number of ketones is 1. The molecule has 29 heavy (non-hydrogen) atoms. The van der Waals surface area contributed by atoms with Crippen LogP contribution in [0.3, 0.4) is 0 Å². The molecule has 0 fully saturated rings. The summed E-state index contributed by atoms with van der Waals surface area (Å²) in [5.41, 5.74) is 3.35. The first-order valence-corrected chi connectivity index (χ1v) is 9.63. The fourth-order valence-corrected chi connectivity index (χ4v) is 4.11. The number of nitrogens with one attached hydrogen (secondary N) is 2. The van der Waals surface area contributed by atoms with Crippen molar-refractivity contribution >= 4 is 29.0 Å². The number of rotatable bonds is 2. The minimum atomic E-state index is -0.426. The van der Waals surface area contributed by atoms with Crippen LogP contribution < -0.4 is 10.6 Å². The molecule has 0 saturated heterocycles. The SMILES string of the molecule is O=C1C[C@H](c2ccc(Cl)cc2)CC2=C1[C@H](c1ccc(O)cc1)Nc1nonc1N2. The van der Waals surface area contributed by atoms with E-state index in [9.17, 15) is 9.90 Å². The quantitative estimate of drug-likeness (QED) is 0.577. The lowest BCUT2D eigenvalue weighted by Crippen LogP contribution is -2.27. The number of hydrogen-bond acceptors (Lipinski definition) is 7. The summed E-state index contributed by atoms with van der Waals surface area (Å²) >= 11 is 6.01. The van der Waals surface area contributed by atoms with Gasteiger partial charge in [-0.3, -0.25) is 4.79 Å². The Kier molecular flexibility index (Phi) is 4.24. The summed E-state index contributed by atoms with van der Waals surface area (Å²) in [6, 6.07) is 13.9. The molecule has 8 heteroatoms. The molecule has 2 aliphatic rings. The zero-order chi connectivity index (χ0) is 20.0. The van der Waals surface area contributed by atoms with Crippen LogP contribution in [0.15, 0.2) is 64.4 Å². The predicted molar refractivity (Wildman–Crippen MR) is 108 cm³/mol. The summed E-state index contributed by atoms with van der Waals surface area (Å²) in [4.78, 5) is 13.3. The van der Waals surface area contributed by atoms with Crippen molar-refractivity contribution in [1.82, 2.24) is 10.3 Å². The number of aromatic hydroxyl groups is 1. The van der Waals surface area contributed by atoms with Crippen molar-refractivity contribution < 1.29 is 14.5 Å². The molecular formula is C21H17ClN4O3. The molecule has 1 aliphatic heterocycles. The molecule has 0 unspecified atom stereocenters. The number of phenols is 1. The van der Waals surface area contributed by atoms with E-state index in [1.165, 1.54) is 0 Å². The maximum Gasteiger partial charge on any atom is 0.219 e. The van der Waals surface area contributed by atoms with Crippen LogP contribution in [0.1, 0.15) is 35.9 Å². The first kappa shape index (κ1) is 17.8. The van der Waals surface area contributed by atoms with Crippen molar-refractivity contribution in [2.45, 2.75) is 24.8 Å². The number of hydrogen-bond donors (Lipinski definition) is 3. The zero-order valence-electron chi connectivity index (χ0n) is 15.2. The third kappa shape index (κ3) is 3.23. The van der Waals surface area contributed by atoms with E-state index < -0.39 is 6.04 Å². The minimum absolute atomic E-state index is 0.0351. The van der Waals surface area contributed by atoms with Crippen molar-refractivity contribution in [2.24, 2.45) is 0 Å². The van der Waals surface area contributed by atoms with Crippen molar-refractivity contribution in [2.75, 3.05) is 10.6 Å². The van der Waals surface area contributed by atoms with Crippen LogP contribution in [0.2, 0.25) is 5.02 Å². The highest BCUT2D eigenvalue weighted by Gasteiger charge is 2.37. The monoisotopic (exact) mass is 408 g/mol. The largest absolute Gasteiger partial charge is 0.508 e. The number of benzene rings is 2. The summed E-state index contributed by atoms with van der Waals surface area (Å²) < 4.78 is 4.87. The van der Waals surface area contributed by atoms with Crippen molar-refractivity contribution in [3.63, 3.8) is 0 Å². The van der Waals surface area contributed by atoms with Crippen LogP contribution in [-0.2, 0) is 4.79 Å². The van der Waals surface area contributed by atoms with Gasteiger partial charge in [0.05, 0.1) is 6.04 Å². The molecule has 3 aromatic rings. The highest BCUT2D eigenvalue weighted by atomic mass is 35.5. The average Bonchev–Trinajstić information content (AvgIpc) is 3.08. The van der Waals surface area contributed by atoms with Gasteiger partial charge in [-0.2, -0.15) is 0 Å². The Bertz CT molecular complexity index is 1110. The normalized spacial score (nSPS) is 20.9. The Morgan fingerprint density at radius 3 is 2.41 bits per heavy atom. The minimum Gasteiger partial charge on any atom is -0.508 e. The van der Waals surface area contributed by atoms with E-state index in [2.05, 4.69) is 20.9 Å². The number of Topliss-reactive ketones (excluding diaryl/α,β-unsaturated/α-hetero) is 1. The first-order chi connectivity index (χ1) is 14.1. The molecule has 2 atom stereocenters. The number of fused-ring (bicyclic) bond motifs is 1. The third-order valence-corrected chi connectivity index (χ3v) is 5.66. The van der Waals surface area contributed by atoms with Gasteiger partial charge in [0.2, 0.25) is 11.6 Å². The molecule has 2 heterocycles. The summed E-state index contributed by atoms with van der Waals surface area (Å²) in [6.45, 7) is 0. The Balaban J connectivity index is 1.58. The summed E-state index contributed by atoms with van der Waals surface area (Å²) in [5, 5.41) is 24.7. The Morgan fingerprint density at radius 2 is 1.66 bits per heavy atom. The van der Waals surface area contributed by atoms with Crippen LogP contribution >= 0.6 is 11.6 Å². The molecule has 0 saturated carbocycles. The molecule has 0 bridgehead atoms. The number of phenolic OH excluding ortho intramolecular Hbond substituents is 1. The Hall–Kier alpha value is -3.32. The van der Waals surface area contributed by atoms with E-state index in [1.54, 1.807) is 24.3 Å². The van der Waals surface area contributed by atoms with Gasteiger partial charge in [-0.05, 0) is 58.0 Å². The van der Waals surface area contributed by atoms with E-state index in [-0.39, 0.29) is 17.5 Å². The van der Waals surface area contributed by atoms with Gasteiger partial charge in [0.25, 0.3) is 0 Å². The number of nitrogens with zero attached hydrogens (tertiary/aromatic N) is 2. The summed E-state index contributed by atoms with van der Waals surface area (Å²) in [7, 11) is 0. The van der Waals surface area contributed by atoms with Crippen LogP contribution in [0, 0.1) is 0 Å². The van der Waals surface area contributed by atoms with Gasteiger partial charge in [-0.1, -0.05) is 35.9 Å². The molecule has 146 valence electrons. The van der Waals surface area contributed by atoms with Gasteiger partial charge in [0, 0.05) is 22.7 Å². The van der Waals surface area contributed by atoms with Gasteiger partial charge in [0.1, 0.15) is 5.75 Å². The van der Waals surface area contributed by atoms with E-state index >= 15 is 0 Å². The van der Waals surface area contributed by atoms with E-state index in [4.69, 9.17) is 16.2 Å². The number of anilines is 2. The molecule has 2 aromatic carbocycles. The molecule has 3 N–H and O–H groups in total. The standard InChI is InChI=1S/C21H17ClN4O3/c22-14-5-1-11(2-6-14)13-9-16-18(17(28)10-13)19(12-3-7-15(27)8-4-12)24-21-20(23-16)25-29-26-21/h1-8,13,19,27H,9-10H2,(H,23,25)(H,24,26)/t13-,19+/m1/s1. The van der Waals surface area contributed by atoms with Crippen LogP contribution in [0.4, 0.5) is 11.6 Å². The number of aromatic nitrogens is 2. The topological polar surface area (TPSA) is 100 Å². The van der Waals surface area contributed by atoms with Gasteiger partial charge < -0.3 is 15.7 Å². The van der Waals surface area contributed by atoms with Crippen LogP contribution in [0.5, 0.6) is 5.75 Å². The predicted octanol–water partition coefficient (Wildman–Crippen LogP) is 4.41. The average molecular weight is 409 g/mol. The van der Waals surface area contributed by atoms with Crippen molar-refractivity contribution in [3.8, 4) is 5.75 Å². The summed E-state index contributed by atoms with van der Waals surface area (Å²) in [6.07, 6.45) is 1.04. The van der Waals surface area contributed by atoms with Gasteiger partial charge in [-0.25, -0.2) is 4.63 Å². The first-order valence-electron chi connectivity index (χ1n) is 9.25. The van der Waals surface area contributed by atoms with Crippen molar-refractivity contribution in [3.05, 3.63) is 76.0 Å². The molecular weight excluding hydrogens is 392 g/mol. The summed E-state index contributed by atoms with van der Waals surface area (Å²) in [5.74, 6) is 1.13. The fourth-order valence-electron chi connectivity index (χ4n) is 3.99. The Morgan fingerprint density at radius 1 is 0.966 bits per heavy atom. The molecule has 1 aliphatic carbocycles. The van der Waals surface area contributed by atoms with Gasteiger partial charge >= 0.3 is 0 Å². The lowest BCUT2D eigenvalue weighted by Gasteiger charge is -2.29. The molecule has 0 amide bonds. The van der Waals surface area contributed by atoms with E-state index in [0.29, 0.717) is 35.1 Å². The van der Waals surface area contributed by atoms with Gasteiger partial charge in [0.15, 0.2) is 5.78 Å². The maximum atomic E-state index is 13.3. The number of carbonyl (C=O) groups is 1. The number of allylic oxidation sites excluding steroid dienone is 1. The zero-order valence-corrected chi connectivity index (χ0v) is 16.0. The number of halogens is 1. The molecule has 1 aromatic heterocycles. The van der Waals surface area contributed by atoms with E-state index in [0.717, 1.165) is 16.8 Å². The highest BCUT2D eigenvalue weighted by Crippen LogP contribution is 2.43. The lowest BCUT2D eigenvalue weighted by molar-refractivity contribution is -0.116. The Labute approximate surface area is 171 Å². The van der Waals surface area contributed by atoms with Crippen molar-refractivity contribution in [1.29, 1.82) is 0 Å². The molecule has 5 rings (SSSR count). The second-order valence-corrected chi connectivity index (χ2v) is 7.66. The second kappa shape index (κ2) is 6.93. The molecule has 0 spiro atoms. The van der Waals surface area contributed by atoms with Crippen LogP contribution in [0.25, 0.3) is 0 Å².